The molecule has 1 aliphatic rings. The Balaban J connectivity index is 4.66. The Morgan fingerprint density at radius 2 is 0.854 bits per heavy atom. The molecule has 1 aliphatic heterocycles. The van der Waals surface area contributed by atoms with Crippen LogP contribution in [-0.4, -0.2) is 251 Å². The summed E-state index contributed by atoms with van der Waals surface area (Å²) in [5, 5.41) is 10.7. The third-order valence-corrected chi connectivity index (χ3v) is 24.0. The van der Waals surface area contributed by atoms with Crippen molar-refractivity contribution in [1.29, 1.82) is 0 Å². The number of carbonyl (C=O) groups excluding carboxylic acids is 11. The smallest absolute Gasteiger partial charge is 0.264 e. The largest absolute Gasteiger partial charge is 0.411 e. The number of hydrogen-bond donors (Lipinski definition) is 4. The van der Waals surface area contributed by atoms with Gasteiger partial charge in [0, 0.05) is 49.3 Å². The molecule has 0 aliphatic carbocycles. The van der Waals surface area contributed by atoms with E-state index in [1.807, 2.05) is 89.3 Å². The van der Waals surface area contributed by atoms with E-state index >= 15 is 19.2 Å². The molecule has 554 valence electrons. The summed E-state index contributed by atoms with van der Waals surface area (Å²) in [6.45, 7) is 39.1. The molecule has 0 spiro atoms. The van der Waals surface area contributed by atoms with Crippen LogP contribution in [0.3, 0.4) is 0 Å². The van der Waals surface area contributed by atoms with Gasteiger partial charge in [-0.2, -0.15) is 8.42 Å². The van der Waals surface area contributed by atoms with Crippen molar-refractivity contribution >= 4 is 83.4 Å². The summed E-state index contributed by atoms with van der Waals surface area (Å²) in [7, 11) is 3.06. The lowest BCUT2D eigenvalue weighted by atomic mass is 9.91. The molecule has 0 radical (unpaired) electrons. The SMILES string of the molecule is CC[C@@H]1NC(=O)[C@H]([C@H](O[Si](C)(C)C(C)(C)C)[C@H](C)CCOS(C)(=O)=O)N(C)C(=O)[C@H](C(C)C)N(C)C(=O)[C@H](CC(C)C)N(C)C(=O)[C@H](CC(C)C)N(C)C(=O)[C@@H](C)NC(=O)[C@H](C)NC(=O)[C@H](CC(C)C)N(C)C(=O)[C@H](C(C)C)NC(=O)[C@H](CC(C)C)N(C)C(=O)[C@@H](C)N(C)C1=O. The van der Waals surface area contributed by atoms with Crippen molar-refractivity contribution in [2.45, 2.75) is 268 Å². The van der Waals surface area contributed by atoms with E-state index in [1.54, 1.807) is 41.5 Å². The fraction of sp³-hybridized carbons (Fsp3) is 0.838. The summed E-state index contributed by atoms with van der Waals surface area (Å²) in [5.41, 5.74) is 0. The minimum absolute atomic E-state index is 0.0112. The second-order valence-electron chi connectivity index (χ2n) is 30.8. The van der Waals surface area contributed by atoms with E-state index in [4.69, 9.17) is 8.61 Å². The van der Waals surface area contributed by atoms with Gasteiger partial charge in [-0.3, -0.25) is 56.9 Å². The van der Waals surface area contributed by atoms with E-state index in [0.29, 0.717) is 0 Å². The van der Waals surface area contributed by atoms with Gasteiger partial charge >= 0.3 is 0 Å². The Hall–Kier alpha value is -5.74. The molecule has 0 aromatic rings. The van der Waals surface area contributed by atoms with Gasteiger partial charge < -0.3 is 60.0 Å². The van der Waals surface area contributed by atoms with E-state index in [0.717, 1.165) is 11.2 Å². The second kappa shape index (κ2) is 37.4. The monoisotopic (exact) mass is 1400 g/mol. The first-order valence-corrected chi connectivity index (χ1v) is 39.1. The molecule has 1 rings (SSSR count). The lowest BCUT2D eigenvalue weighted by molar-refractivity contribution is -0.157. The Labute approximate surface area is 577 Å². The molecule has 1 heterocycles. The first kappa shape index (κ1) is 88.3. The van der Waals surface area contributed by atoms with Gasteiger partial charge in [0.05, 0.1) is 19.0 Å². The zero-order valence-electron chi connectivity index (χ0n) is 64.1. The zero-order valence-corrected chi connectivity index (χ0v) is 65.9. The summed E-state index contributed by atoms with van der Waals surface area (Å²) in [6.07, 6.45) is 0.192. The number of nitrogens with one attached hydrogen (secondary N) is 4. The highest BCUT2D eigenvalue weighted by Crippen LogP contribution is 2.40. The normalized spacial score (nSPS) is 26.4. The van der Waals surface area contributed by atoms with Gasteiger partial charge in [0.2, 0.25) is 65.0 Å². The average Bonchev–Trinajstić information content (AvgIpc) is 0.794. The van der Waals surface area contributed by atoms with Crippen molar-refractivity contribution in [2.75, 3.05) is 62.2 Å². The molecule has 0 bridgehead atoms. The summed E-state index contributed by atoms with van der Waals surface area (Å²) >= 11 is 0. The maximum Gasteiger partial charge on any atom is 0.264 e. The molecule has 0 aromatic carbocycles. The second-order valence-corrected chi connectivity index (χ2v) is 37.2. The van der Waals surface area contributed by atoms with Crippen LogP contribution in [0, 0.1) is 41.4 Å². The molecule has 11 amide bonds. The lowest BCUT2D eigenvalue weighted by Crippen LogP contribution is -2.65. The van der Waals surface area contributed by atoms with E-state index in [2.05, 4.69) is 21.3 Å². The molecule has 1 saturated heterocycles. The zero-order chi connectivity index (χ0) is 75.1. The standard InChI is InChI=1S/C68H127N11O15SSi/c1-31-48-63(86)73(21)47(17)62(85)74(22)50(35-39(4)5)59(82)72-53(42(10)11)66(89)75(23)49(34-38(2)3)58(81)69-45(15)57(80)70-46(16)61(84)76(24)51(36-40(6)7)64(87)77(25)52(37-41(8)9)65(88)78(26)54(43(12)13)67(90)79(27)55(60(83)71-48)56(94-96(29,30)68(18,19)20)44(14)32-33-93-95(28,91)92/h38-56H,31-37H2,1-30H3,(H,69,81)(H,70,80)(H,71,83)(H,72,82)/t44-,45+,46-,47-,48+,49+,50+,51+,52+,53+,54+,55+,56-/m1/s1. The average molecular weight is 1400 g/mol. The van der Waals surface area contributed by atoms with Gasteiger partial charge in [-0.25, -0.2) is 0 Å². The summed E-state index contributed by atoms with van der Waals surface area (Å²) in [5.74, 6) is -10.2. The molecule has 13 atom stereocenters. The topological polar surface area (TPSA) is 311 Å². The van der Waals surface area contributed by atoms with Crippen LogP contribution in [0.5, 0.6) is 0 Å². The lowest BCUT2D eigenvalue weighted by Gasteiger charge is -2.46. The quantitative estimate of drug-likeness (QED) is 0.0967. The summed E-state index contributed by atoms with van der Waals surface area (Å²) < 4.78 is 37.1. The van der Waals surface area contributed by atoms with Crippen LogP contribution in [0.1, 0.15) is 177 Å². The Bertz CT molecular complexity index is 2790. The maximum absolute atomic E-state index is 15.8. The van der Waals surface area contributed by atoms with Crippen LogP contribution in [0.25, 0.3) is 0 Å². The van der Waals surface area contributed by atoms with Crippen molar-refractivity contribution in [3.63, 3.8) is 0 Å². The van der Waals surface area contributed by atoms with E-state index < -0.39 is 179 Å². The number of likely N-dealkylation sites (N-methyl/N-ethyl adjacent to an activating group) is 7. The predicted octanol–water partition coefficient (Wildman–Crippen LogP) is 5.09. The van der Waals surface area contributed by atoms with Crippen molar-refractivity contribution < 1.29 is 69.8 Å². The fourth-order valence-corrected chi connectivity index (χ4v) is 13.4. The minimum atomic E-state index is -3.94. The third-order valence-electron chi connectivity index (χ3n) is 18.9. The van der Waals surface area contributed by atoms with Gasteiger partial charge in [0.15, 0.2) is 8.32 Å². The van der Waals surface area contributed by atoms with Crippen molar-refractivity contribution in [3.05, 3.63) is 0 Å². The Morgan fingerprint density at radius 3 is 1.27 bits per heavy atom. The highest BCUT2D eigenvalue weighted by atomic mass is 32.2. The van der Waals surface area contributed by atoms with E-state index in [1.165, 1.54) is 99.5 Å². The van der Waals surface area contributed by atoms with Crippen molar-refractivity contribution in [2.24, 2.45) is 41.4 Å². The van der Waals surface area contributed by atoms with Gasteiger partial charge in [0.1, 0.15) is 66.5 Å². The van der Waals surface area contributed by atoms with Crippen LogP contribution in [0.2, 0.25) is 18.1 Å². The van der Waals surface area contributed by atoms with Gasteiger partial charge in [-0.1, -0.05) is 118 Å². The molecule has 4 N–H and O–H groups in total. The molecule has 0 saturated carbocycles. The predicted molar refractivity (Wildman–Crippen MR) is 375 cm³/mol. The van der Waals surface area contributed by atoms with Crippen LogP contribution < -0.4 is 21.3 Å². The minimum Gasteiger partial charge on any atom is -0.411 e. The molecule has 1 fully saturated rings. The third kappa shape index (κ3) is 24.6. The van der Waals surface area contributed by atoms with Crippen LogP contribution in [-0.2, 0) is 71.5 Å². The molecule has 96 heavy (non-hydrogen) atoms. The number of nitrogens with zero attached hydrogens (tertiary/aromatic N) is 7. The molecule has 28 heteroatoms. The number of amides is 11. The molecule has 26 nitrogen and oxygen atoms in total. The van der Waals surface area contributed by atoms with Gasteiger partial charge in [0.25, 0.3) is 10.1 Å². The Morgan fingerprint density at radius 1 is 0.458 bits per heavy atom. The van der Waals surface area contributed by atoms with Gasteiger partial charge in [-0.15, -0.1) is 0 Å². The molecule has 0 unspecified atom stereocenters. The molecule has 0 aromatic heterocycles. The summed E-state index contributed by atoms with van der Waals surface area (Å²) in [6, 6.07) is -14.0. The summed E-state index contributed by atoms with van der Waals surface area (Å²) in [4.78, 5) is 173. The highest BCUT2D eigenvalue weighted by molar-refractivity contribution is 7.86. The van der Waals surface area contributed by atoms with Crippen LogP contribution in [0.15, 0.2) is 0 Å². The van der Waals surface area contributed by atoms with Crippen molar-refractivity contribution in [1.82, 2.24) is 55.6 Å². The number of carbonyl (C=O) groups is 11. The van der Waals surface area contributed by atoms with Crippen molar-refractivity contribution in [3.8, 4) is 0 Å². The highest BCUT2D eigenvalue weighted by Gasteiger charge is 2.50. The molecular formula is C68H127N11O15SSi. The number of hydrogen-bond acceptors (Lipinski definition) is 15. The fourth-order valence-electron chi connectivity index (χ4n) is 11.6. The number of rotatable bonds is 19. The maximum atomic E-state index is 15.8. The first-order valence-electron chi connectivity index (χ1n) is 34.3. The van der Waals surface area contributed by atoms with Crippen LogP contribution >= 0.6 is 0 Å². The Kier molecular flexibility index (Phi) is 34.4. The van der Waals surface area contributed by atoms with E-state index in [9.17, 15) is 42.0 Å². The molecular weight excluding hydrogens is 1270 g/mol. The first-order chi connectivity index (χ1) is 43.7. The van der Waals surface area contributed by atoms with Gasteiger partial charge in [-0.05, 0) is 119 Å². The van der Waals surface area contributed by atoms with Crippen LogP contribution in [0.4, 0.5) is 0 Å². The van der Waals surface area contributed by atoms with E-state index in [-0.39, 0.29) is 68.8 Å².